The number of para-hydroxylation sites is 2. The van der Waals surface area contributed by atoms with E-state index >= 15 is 0 Å². The normalized spacial score (nSPS) is 18.1. The summed E-state index contributed by atoms with van der Waals surface area (Å²) in [5, 5.41) is 2.65. The fourth-order valence-electron chi connectivity index (χ4n) is 3.05. The molecule has 2 amide bonds. The molecule has 122 valence electrons. The lowest BCUT2D eigenvalue weighted by atomic mass is 10.0. The Morgan fingerprint density at radius 1 is 1.35 bits per heavy atom. The zero-order chi connectivity index (χ0) is 16.2. The molecule has 1 unspecified atom stereocenters. The van der Waals surface area contributed by atoms with E-state index in [0.29, 0.717) is 25.3 Å². The van der Waals surface area contributed by atoms with Gasteiger partial charge in [-0.05, 0) is 31.4 Å². The average Bonchev–Trinajstić information content (AvgIpc) is 3.02. The van der Waals surface area contributed by atoms with Gasteiger partial charge in [0.05, 0.1) is 0 Å². The molecule has 1 aliphatic heterocycles. The standard InChI is InChI=1S/C17H21N3O3/c1-18-17(22)13-7-4-5-11-20(13)16(21)10-9-15-19-12-6-2-3-8-14(12)23-15/h2-3,6,8,13H,4-5,7,9-11H2,1H3,(H,18,22). The molecule has 1 N–H and O–H groups in total. The number of oxazole rings is 1. The summed E-state index contributed by atoms with van der Waals surface area (Å²) in [5.74, 6) is 0.466. The first-order valence-electron chi connectivity index (χ1n) is 8.04. The van der Waals surface area contributed by atoms with Crippen molar-refractivity contribution in [1.29, 1.82) is 0 Å². The maximum absolute atomic E-state index is 12.5. The highest BCUT2D eigenvalue weighted by atomic mass is 16.3. The van der Waals surface area contributed by atoms with Gasteiger partial charge in [-0.1, -0.05) is 12.1 Å². The molecule has 1 atom stereocenters. The molecule has 0 aliphatic carbocycles. The zero-order valence-electron chi connectivity index (χ0n) is 13.2. The van der Waals surface area contributed by atoms with Gasteiger partial charge in [0.25, 0.3) is 0 Å². The second-order valence-corrected chi connectivity index (χ2v) is 5.79. The second-order valence-electron chi connectivity index (χ2n) is 5.79. The van der Waals surface area contributed by atoms with E-state index in [9.17, 15) is 9.59 Å². The average molecular weight is 315 g/mol. The fraction of sp³-hybridized carbons (Fsp3) is 0.471. The van der Waals surface area contributed by atoms with Crippen LogP contribution in [0.3, 0.4) is 0 Å². The molecule has 0 radical (unpaired) electrons. The third kappa shape index (κ3) is 3.36. The van der Waals surface area contributed by atoms with Crippen LogP contribution in [0.2, 0.25) is 0 Å². The summed E-state index contributed by atoms with van der Waals surface area (Å²) in [6.07, 6.45) is 3.41. The minimum Gasteiger partial charge on any atom is -0.441 e. The Morgan fingerprint density at radius 3 is 2.96 bits per heavy atom. The number of nitrogens with zero attached hydrogens (tertiary/aromatic N) is 2. The Balaban J connectivity index is 1.64. The molecule has 1 aliphatic rings. The summed E-state index contributed by atoms with van der Waals surface area (Å²) in [6, 6.07) is 7.20. The molecule has 0 bridgehead atoms. The van der Waals surface area contributed by atoms with Crippen molar-refractivity contribution in [3.05, 3.63) is 30.2 Å². The molecule has 3 rings (SSSR count). The first-order chi connectivity index (χ1) is 11.2. The van der Waals surface area contributed by atoms with Gasteiger partial charge >= 0.3 is 0 Å². The molecule has 1 aromatic heterocycles. The Bertz CT molecular complexity index is 677. The van der Waals surface area contributed by atoms with E-state index in [1.807, 2.05) is 24.3 Å². The summed E-state index contributed by atoms with van der Waals surface area (Å²) in [6.45, 7) is 0.643. The van der Waals surface area contributed by atoms with Crippen molar-refractivity contribution < 1.29 is 14.0 Å². The van der Waals surface area contributed by atoms with Gasteiger partial charge in [-0.15, -0.1) is 0 Å². The zero-order valence-corrected chi connectivity index (χ0v) is 13.2. The molecular formula is C17H21N3O3. The monoisotopic (exact) mass is 315 g/mol. The first-order valence-corrected chi connectivity index (χ1v) is 8.04. The van der Waals surface area contributed by atoms with E-state index < -0.39 is 0 Å². The molecule has 2 heterocycles. The van der Waals surface area contributed by atoms with Gasteiger partial charge in [-0.25, -0.2) is 4.98 Å². The van der Waals surface area contributed by atoms with Crippen LogP contribution in [0.5, 0.6) is 0 Å². The van der Waals surface area contributed by atoms with Crippen molar-refractivity contribution in [3.63, 3.8) is 0 Å². The van der Waals surface area contributed by atoms with Gasteiger partial charge in [0.1, 0.15) is 11.6 Å². The molecule has 1 fully saturated rings. The summed E-state index contributed by atoms with van der Waals surface area (Å²) in [5.41, 5.74) is 1.53. The largest absolute Gasteiger partial charge is 0.441 e. The Hall–Kier alpha value is -2.37. The smallest absolute Gasteiger partial charge is 0.242 e. The molecule has 23 heavy (non-hydrogen) atoms. The topological polar surface area (TPSA) is 75.4 Å². The van der Waals surface area contributed by atoms with Crippen molar-refractivity contribution in [1.82, 2.24) is 15.2 Å². The maximum atomic E-state index is 12.5. The third-order valence-corrected chi connectivity index (χ3v) is 4.26. The third-order valence-electron chi connectivity index (χ3n) is 4.26. The van der Waals surface area contributed by atoms with Gasteiger partial charge in [0.15, 0.2) is 11.5 Å². The van der Waals surface area contributed by atoms with Crippen LogP contribution in [0.4, 0.5) is 0 Å². The van der Waals surface area contributed by atoms with E-state index in [4.69, 9.17) is 4.42 Å². The lowest BCUT2D eigenvalue weighted by molar-refractivity contribution is -0.142. The maximum Gasteiger partial charge on any atom is 0.242 e. The predicted molar refractivity (Wildman–Crippen MR) is 85.7 cm³/mol. The van der Waals surface area contributed by atoms with Crippen LogP contribution < -0.4 is 5.32 Å². The lowest BCUT2D eigenvalue weighted by Crippen LogP contribution is -2.51. The van der Waals surface area contributed by atoms with Gasteiger partial charge in [-0.3, -0.25) is 9.59 Å². The van der Waals surface area contributed by atoms with Crippen LogP contribution in [-0.4, -0.2) is 41.3 Å². The second kappa shape index (κ2) is 6.81. The van der Waals surface area contributed by atoms with Crippen molar-refractivity contribution in [2.45, 2.75) is 38.1 Å². The van der Waals surface area contributed by atoms with Crippen LogP contribution >= 0.6 is 0 Å². The highest BCUT2D eigenvalue weighted by Crippen LogP contribution is 2.20. The number of carbonyl (C=O) groups is 2. The van der Waals surface area contributed by atoms with E-state index in [-0.39, 0.29) is 17.9 Å². The number of piperidine rings is 1. The van der Waals surface area contributed by atoms with E-state index in [1.165, 1.54) is 0 Å². The molecular weight excluding hydrogens is 294 g/mol. The van der Waals surface area contributed by atoms with Gasteiger partial charge < -0.3 is 14.6 Å². The van der Waals surface area contributed by atoms with E-state index in [1.54, 1.807) is 11.9 Å². The van der Waals surface area contributed by atoms with E-state index in [2.05, 4.69) is 10.3 Å². The molecule has 6 heteroatoms. The number of amides is 2. The lowest BCUT2D eigenvalue weighted by Gasteiger charge is -2.34. The number of likely N-dealkylation sites (N-methyl/N-ethyl adjacent to an activating group) is 1. The number of benzene rings is 1. The Kier molecular flexibility index (Phi) is 4.60. The van der Waals surface area contributed by atoms with Gasteiger partial charge in [0, 0.05) is 26.4 Å². The van der Waals surface area contributed by atoms with Crippen molar-refractivity contribution in [2.75, 3.05) is 13.6 Å². The quantitative estimate of drug-likeness (QED) is 0.935. The number of carbonyl (C=O) groups excluding carboxylic acids is 2. The highest BCUT2D eigenvalue weighted by Gasteiger charge is 2.31. The summed E-state index contributed by atoms with van der Waals surface area (Å²) in [4.78, 5) is 30.5. The summed E-state index contributed by atoms with van der Waals surface area (Å²) in [7, 11) is 1.61. The molecule has 0 spiro atoms. The number of likely N-dealkylation sites (tertiary alicyclic amines) is 1. The first kappa shape index (κ1) is 15.5. The molecule has 1 saturated heterocycles. The number of hydrogen-bond donors (Lipinski definition) is 1. The van der Waals surface area contributed by atoms with Crippen molar-refractivity contribution in [3.8, 4) is 0 Å². The molecule has 6 nitrogen and oxygen atoms in total. The van der Waals surface area contributed by atoms with Crippen molar-refractivity contribution >= 4 is 22.9 Å². The number of rotatable bonds is 4. The summed E-state index contributed by atoms with van der Waals surface area (Å²) >= 11 is 0. The minimum atomic E-state index is -0.343. The van der Waals surface area contributed by atoms with Gasteiger partial charge in [0.2, 0.25) is 11.8 Å². The number of nitrogens with one attached hydrogen (secondary N) is 1. The van der Waals surface area contributed by atoms with Crippen LogP contribution in [0.25, 0.3) is 11.1 Å². The number of aryl methyl sites for hydroxylation is 1. The highest BCUT2D eigenvalue weighted by molar-refractivity contribution is 5.87. The number of fused-ring (bicyclic) bond motifs is 1. The minimum absolute atomic E-state index is 0.0134. The molecule has 2 aromatic rings. The van der Waals surface area contributed by atoms with Crippen LogP contribution in [-0.2, 0) is 16.0 Å². The van der Waals surface area contributed by atoms with E-state index in [0.717, 1.165) is 30.4 Å². The molecule has 0 saturated carbocycles. The van der Waals surface area contributed by atoms with Crippen LogP contribution in [0.1, 0.15) is 31.6 Å². The predicted octanol–water partition coefficient (Wildman–Crippen LogP) is 1.89. The Labute approximate surface area is 134 Å². The van der Waals surface area contributed by atoms with Crippen molar-refractivity contribution in [2.24, 2.45) is 0 Å². The molecule has 1 aromatic carbocycles. The number of aromatic nitrogens is 1. The fourth-order valence-corrected chi connectivity index (χ4v) is 3.05. The van der Waals surface area contributed by atoms with Crippen LogP contribution in [0.15, 0.2) is 28.7 Å². The summed E-state index contributed by atoms with van der Waals surface area (Å²) < 4.78 is 5.64. The number of hydrogen-bond acceptors (Lipinski definition) is 4. The van der Waals surface area contributed by atoms with Crippen LogP contribution in [0, 0.1) is 0 Å². The SMILES string of the molecule is CNC(=O)C1CCCCN1C(=O)CCc1nc2ccccc2o1. The Morgan fingerprint density at radius 2 is 2.17 bits per heavy atom. The van der Waals surface area contributed by atoms with Gasteiger partial charge in [-0.2, -0.15) is 0 Å².